The number of carbonyl (C=O) groups excluding carboxylic acids is 2. The average Bonchev–Trinajstić information content (AvgIpc) is 2.88. The molecule has 1 aliphatic rings. The number of urea groups is 1. The fraction of sp³-hybridized carbons (Fsp3) is 0.500. The predicted molar refractivity (Wildman–Crippen MR) is 84.8 cm³/mol. The van der Waals surface area contributed by atoms with Crippen LogP contribution in [-0.2, 0) is 9.53 Å². The first-order valence-corrected chi connectivity index (χ1v) is 7.68. The zero-order valence-corrected chi connectivity index (χ0v) is 12.9. The van der Waals surface area contributed by atoms with Crippen LogP contribution in [0.15, 0.2) is 30.3 Å². The Balaban J connectivity index is 1.73. The lowest BCUT2D eigenvalue weighted by Gasteiger charge is -2.17. The van der Waals surface area contributed by atoms with Crippen molar-refractivity contribution in [3.63, 3.8) is 0 Å². The Bertz CT molecular complexity index is 493. The quantitative estimate of drug-likeness (QED) is 0.750. The molecular formula is C16H23N3O3. The highest BCUT2D eigenvalue weighted by molar-refractivity contribution is 5.96. The Morgan fingerprint density at radius 2 is 2.14 bits per heavy atom. The molecule has 1 aromatic carbocycles. The van der Waals surface area contributed by atoms with E-state index in [-0.39, 0.29) is 18.0 Å². The van der Waals surface area contributed by atoms with Crippen LogP contribution in [0.2, 0.25) is 0 Å². The first kappa shape index (κ1) is 16.3. The van der Waals surface area contributed by atoms with Crippen LogP contribution >= 0.6 is 0 Å². The van der Waals surface area contributed by atoms with Crippen molar-refractivity contribution >= 4 is 17.6 Å². The lowest BCUT2D eigenvalue weighted by molar-refractivity contribution is -0.117. The molecule has 1 aromatic rings. The molecule has 2 N–H and O–H groups in total. The highest BCUT2D eigenvalue weighted by Crippen LogP contribution is 2.20. The number of hydrogen-bond acceptors (Lipinski definition) is 3. The van der Waals surface area contributed by atoms with E-state index in [2.05, 4.69) is 10.6 Å². The van der Waals surface area contributed by atoms with Gasteiger partial charge in [0.2, 0.25) is 5.91 Å². The van der Waals surface area contributed by atoms with Crippen molar-refractivity contribution in [1.29, 1.82) is 0 Å². The van der Waals surface area contributed by atoms with Gasteiger partial charge in [0.15, 0.2) is 0 Å². The van der Waals surface area contributed by atoms with E-state index in [1.165, 1.54) is 0 Å². The molecule has 1 heterocycles. The number of nitrogens with zero attached hydrogens (tertiary/aromatic N) is 1. The number of ether oxygens (including phenoxy) is 1. The molecule has 6 heteroatoms. The van der Waals surface area contributed by atoms with Crippen molar-refractivity contribution in [1.82, 2.24) is 10.6 Å². The van der Waals surface area contributed by atoms with Gasteiger partial charge in [-0.05, 0) is 25.5 Å². The smallest absolute Gasteiger partial charge is 0.315 e. The van der Waals surface area contributed by atoms with Crippen LogP contribution < -0.4 is 15.5 Å². The van der Waals surface area contributed by atoms with Gasteiger partial charge in [-0.25, -0.2) is 4.79 Å². The topological polar surface area (TPSA) is 70.7 Å². The summed E-state index contributed by atoms with van der Waals surface area (Å²) < 4.78 is 5.20. The van der Waals surface area contributed by atoms with Crippen molar-refractivity contribution < 1.29 is 14.3 Å². The van der Waals surface area contributed by atoms with Crippen molar-refractivity contribution in [2.24, 2.45) is 0 Å². The maximum absolute atomic E-state index is 12.0. The van der Waals surface area contributed by atoms with Gasteiger partial charge in [-0.2, -0.15) is 0 Å². The van der Waals surface area contributed by atoms with E-state index in [9.17, 15) is 9.59 Å². The maximum Gasteiger partial charge on any atom is 0.315 e. The van der Waals surface area contributed by atoms with E-state index in [4.69, 9.17) is 4.74 Å². The molecule has 120 valence electrons. The molecule has 3 amide bonds. The summed E-state index contributed by atoms with van der Waals surface area (Å²) in [6.07, 6.45) is 1.11. The van der Waals surface area contributed by atoms with E-state index in [0.717, 1.165) is 12.1 Å². The van der Waals surface area contributed by atoms with Crippen molar-refractivity contribution in [2.45, 2.75) is 25.8 Å². The van der Waals surface area contributed by atoms with E-state index in [1.807, 2.05) is 37.3 Å². The Morgan fingerprint density at radius 1 is 1.36 bits per heavy atom. The molecule has 0 spiro atoms. The number of carbonyl (C=O) groups is 2. The summed E-state index contributed by atoms with van der Waals surface area (Å²) in [5.41, 5.74) is 0.869. The number of rotatable bonds is 7. The molecule has 6 nitrogen and oxygen atoms in total. The molecule has 0 bridgehead atoms. The number of hydrogen-bond donors (Lipinski definition) is 2. The van der Waals surface area contributed by atoms with Gasteiger partial charge in [0.1, 0.15) is 0 Å². The number of amides is 3. The van der Waals surface area contributed by atoms with Gasteiger partial charge < -0.3 is 20.3 Å². The molecule has 22 heavy (non-hydrogen) atoms. The third kappa shape index (κ3) is 4.73. The van der Waals surface area contributed by atoms with Crippen LogP contribution in [0.4, 0.5) is 10.5 Å². The Morgan fingerprint density at radius 3 is 2.86 bits per heavy atom. The fourth-order valence-electron chi connectivity index (χ4n) is 2.42. The highest BCUT2D eigenvalue weighted by atomic mass is 16.5. The first-order chi connectivity index (χ1) is 10.7. The Kier molecular flexibility index (Phi) is 6.21. The van der Waals surface area contributed by atoms with Gasteiger partial charge in [-0.15, -0.1) is 0 Å². The molecule has 1 aliphatic heterocycles. The van der Waals surface area contributed by atoms with Crippen LogP contribution in [-0.4, -0.2) is 44.3 Å². The van der Waals surface area contributed by atoms with Gasteiger partial charge in [0.05, 0.1) is 6.04 Å². The summed E-state index contributed by atoms with van der Waals surface area (Å²) in [5.74, 6) is 0.0350. The monoisotopic (exact) mass is 305 g/mol. The van der Waals surface area contributed by atoms with Gasteiger partial charge in [-0.1, -0.05) is 18.2 Å². The van der Waals surface area contributed by atoms with Gasteiger partial charge in [0.25, 0.3) is 0 Å². The zero-order chi connectivity index (χ0) is 15.8. The molecule has 0 aromatic heterocycles. The molecule has 0 unspecified atom stereocenters. The van der Waals surface area contributed by atoms with Gasteiger partial charge in [0, 0.05) is 38.4 Å². The molecular weight excluding hydrogens is 282 g/mol. The van der Waals surface area contributed by atoms with Crippen molar-refractivity contribution in [2.75, 3.05) is 31.2 Å². The summed E-state index contributed by atoms with van der Waals surface area (Å²) in [6.45, 7) is 4.34. The van der Waals surface area contributed by atoms with E-state index in [0.29, 0.717) is 32.7 Å². The second-order valence-electron chi connectivity index (χ2n) is 5.19. The largest absolute Gasteiger partial charge is 0.382 e. The molecule has 0 radical (unpaired) electrons. The van der Waals surface area contributed by atoms with E-state index < -0.39 is 0 Å². The van der Waals surface area contributed by atoms with Crippen LogP contribution in [0.1, 0.15) is 19.8 Å². The number of benzene rings is 1. The zero-order valence-electron chi connectivity index (χ0n) is 12.9. The fourth-order valence-corrected chi connectivity index (χ4v) is 2.42. The van der Waals surface area contributed by atoms with E-state index >= 15 is 0 Å². The Labute approximate surface area is 130 Å². The Hall–Kier alpha value is -2.08. The number of anilines is 1. The molecule has 1 fully saturated rings. The lowest BCUT2D eigenvalue weighted by atomic mass is 10.2. The summed E-state index contributed by atoms with van der Waals surface area (Å²) in [4.78, 5) is 25.5. The summed E-state index contributed by atoms with van der Waals surface area (Å²) in [7, 11) is 0. The highest BCUT2D eigenvalue weighted by Gasteiger charge is 2.31. The third-order valence-corrected chi connectivity index (χ3v) is 3.48. The summed E-state index contributed by atoms with van der Waals surface area (Å²) in [6, 6.07) is 9.12. The molecule has 1 saturated heterocycles. The predicted octanol–water partition coefficient (Wildman–Crippen LogP) is 1.52. The maximum atomic E-state index is 12.0. The summed E-state index contributed by atoms with van der Waals surface area (Å²) in [5, 5.41) is 5.62. The second kappa shape index (κ2) is 8.38. The van der Waals surface area contributed by atoms with Crippen LogP contribution in [0.3, 0.4) is 0 Å². The third-order valence-electron chi connectivity index (χ3n) is 3.48. The van der Waals surface area contributed by atoms with Gasteiger partial charge >= 0.3 is 6.03 Å². The number of para-hydroxylation sites is 1. The van der Waals surface area contributed by atoms with Crippen LogP contribution in [0.5, 0.6) is 0 Å². The van der Waals surface area contributed by atoms with Crippen LogP contribution in [0.25, 0.3) is 0 Å². The van der Waals surface area contributed by atoms with Crippen LogP contribution in [0, 0.1) is 0 Å². The lowest BCUT2D eigenvalue weighted by Crippen LogP contribution is -2.43. The minimum Gasteiger partial charge on any atom is -0.382 e. The van der Waals surface area contributed by atoms with E-state index in [1.54, 1.807) is 4.90 Å². The minimum absolute atomic E-state index is 0.0350. The molecule has 0 saturated carbocycles. The van der Waals surface area contributed by atoms with Crippen molar-refractivity contribution in [3.8, 4) is 0 Å². The molecule has 2 rings (SSSR count). The normalized spacial score (nSPS) is 17.6. The number of nitrogens with one attached hydrogen (secondary N) is 2. The second-order valence-corrected chi connectivity index (χ2v) is 5.19. The average molecular weight is 305 g/mol. The van der Waals surface area contributed by atoms with Gasteiger partial charge in [-0.3, -0.25) is 4.79 Å². The molecule has 1 atom stereocenters. The molecule has 0 aliphatic carbocycles. The SMILES string of the molecule is CCOCCCNC(=O)N[C@@H]1CC(=O)N(c2ccccc2)C1. The summed E-state index contributed by atoms with van der Waals surface area (Å²) >= 11 is 0. The first-order valence-electron chi connectivity index (χ1n) is 7.68. The minimum atomic E-state index is -0.232. The van der Waals surface area contributed by atoms with Crippen molar-refractivity contribution in [3.05, 3.63) is 30.3 Å². The standard InChI is InChI=1S/C16H23N3O3/c1-2-22-10-6-9-17-16(21)18-13-11-15(20)19(12-13)14-7-4-3-5-8-14/h3-5,7-8,13H,2,6,9-12H2,1H3,(H2,17,18,21)/t13-/m1/s1.